The largest absolute Gasteiger partial charge is 0.452 e. The van der Waals surface area contributed by atoms with Crippen LogP contribution in [0, 0.1) is 5.92 Å². The lowest BCUT2D eigenvalue weighted by Crippen LogP contribution is -2.43. The Morgan fingerprint density at radius 1 is 1.26 bits per heavy atom. The summed E-state index contributed by atoms with van der Waals surface area (Å²) in [4.78, 5) is 49.1. The molecule has 1 aliphatic rings. The van der Waals surface area contributed by atoms with Gasteiger partial charge in [0.1, 0.15) is 0 Å². The van der Waals surface area contributed by atoms with Crippen molar-refractivity contribution in [2.75, 3.05) is 18.4 Å². The molecule has 146 valence electrons. The van der Waals surface area contributed by atoms with Crippen LogP contribution in [0.15, 0.2) is 24.3 Å². The molecule has 2 unspecified atom stereocenters. The molecule has 0 bridgehead atoms. The third kappa shape index (κ3) is 5.54. The summed E-state index contributed by atoms with van der Waals surface area (Å²) in [5.41, 5.74) is 5.96. The van der Waals surface area contributed by atoms with E-state index in [1.165, 1.54) is 19.1 Å². The molecule has 1 aromatic carbocycles. The number of rotatable bonds is 6. The lowest BCUT2D eigenvalue weighted by Gasteiger charge is -2.31. The Morgan fingerprint density at radius 2 is 1.93 bits per heavy atom. The van der Waals surface area contributed by atoms with E-state index in [9.17, 15) is 19.2 Å². The second kappa shape index (κ2) is 9.16. The van der Waals surface area contributed by atoms with E-state index < -0.39 is 29.8 Å². The summed E-state index contributed by atoms with van der Waals surface area (Å²) in [6, 6.07) is 6.08. The maximum absolute atomic E-state index is 12.3. The molecular weight excluding hydrogens is 350 g/mol. The number of nitrogens with one attached hydrogen (secondary N) is 1. The molecule has 1 aliphatic heterocycles. The Bertz CT molecular complexity index is 717. The fourth-order valence-electron chi connectivity index (χ4n) is 2.91. The molecule has 2 atom stereocenters. The number of benzene rings is 1. The first kappa shape index (κ1) is 20.4. The van der Waals surface area contributed by atoms with Crippen LogP contribution in [0.1, 0.15) is 43.5 Å². The van der Waals surface area contributed by atoms with Gasteiger partial charge < -0.3 is 20.7 Å². The first-order valence-electron chi connectivity index (χ1n) is 9.00. The van der Waals surface area contributed by atoms with Crippen LogP contribution in [0.5, 0.6) is 0 Å². The summed E-state index contributed by atoms with van der Waals surface area (Å²) >= 11 is 0. The maximum atomic E-state index is 12.3. The average Bonchev–Trinajstić information content (AvgIpc) is 2.67. The first-order valence-corrected chi connectivity index (χ1v) is 9.00. The van der Waals surface area contributed by atoms with Gasteiger partial charge in [0.2, 0.25) is 11.8 Å². The van der Waals surface area contributed by atoms with E-state index in [1.54, 1.807) is 24.0 Å². The zero-order chi connectivity index (χ0) is 20.0. The molecule has 0 spiro atoms. The van der Waals surface area contributed by atoms with Crippen molar-refractivity contribution in [2.24, 2.45) is 11.7 Å². The van der Waals surface area contributed by atoms with Crippen LogP contribution < -0.4 is 11.1 Å². The van der Waals surface area contributed by atoms with Crippen molar-refractivity contribution in [3.8, 4) is 0 Å². The molecule has 1 fully saturated rings. The van der Waals surface area contributed by atoms with Crippen molar-refractivity contribution in [2.45, 2.75) is 39.2 Å². The molecule has 2 rings (SSSR count). The summed E-state index contributed by atoms with van der Waals surface area (Å²) in [6.45, 7) is 4.25. The second-order valence-corrected chi connectivity index (χ2v) is 6.54. The minimum Gasteiger partial charge on any atom is -0.452 e. The van der Waals surface area contributed by atoms with Gasteiger partial charge in [-0.3, -0.25) is 19.2 Å². The number of carbonyl (C=O) groups excluding carboxylic acids is 4. The summed E-state index contributed by atoms with van der Waals surface area (Å²) < 4.78 is 5.28. The van der Waals surface area contributed by atoms with Crippen LogP contribution in [-0.4, -0.2) is 47.8 Å². The molecular formula is C19H25N3O5. The number of carbonyl (C=O) groups is 4. The lowest BCUT2D eigenvalue weighted by atomic mass is 9.98. The Kier molecular flexibility index (Phi) is 6.92. The van der Waals surface area contributed by atoms with Crippen molar-refractivity contribution in [1.29, 1.82) is 0 Å². The van der Waals surface area contributed by atoms with Gasteiger partial charge in [-0.25, -0.2) is 0 Å². The quantitative estimate of drug-likeness (QED) is 0.727. The van der Waals surface area contributed by atoms with Gasteiger partial charge in [0.15, 0.2) is 6.10 Å². The number of nitrogens with two attached hydrogens (primary N) is 1. The maximum Gasteiger partial charge on any atom is 0.311 e. The number of hydrogen-bond donors (Lipinski definition) is 2. The molecule has 0 radical (unpaired) electrons. The number of ether oxygens (including phenoxy) is 1. The molecule has 8 nitrogen and oxygen atoms in total. The van der Waals surface area contributed by atoms with Gasteiger partial charge in [-0.15, -0.1) is 0 Å². The number of anilines is 1. The molecule has 0 aromatic heterocycles. The fraction of sp³-hybridized carbons (Fsp3) is 0.474. The van der Waals surface area contributed by atoms with Crippen molar-refractivity contribution in [1.82, 2.24) is 4.90 Å². The monoisotopic (exact) mass is 375 g/mol. The summed E-state index contributed by atoms with van der Waals surface area (Å²) in [5.74, 6) is -1.92. The molecule has 1 aromatic rings. The summed E-state index contributed by atoms with van der Waals surface area (Å²) in [7, 11) is 0. The van der Waals surface area contributed by atoms with Gasteiger partial charge in [-0.05, 0) is 44.0 Å². The van der Waals surface area contributed by atoms with Gasteiger partial charge in [0.05, 0.1) is 5.92 Å². The summed E-state index contributed by atoms with van der Waals surface area (Å²) in [5, 5.41) is 2.62. The smallest absolute Gasteiger partial charge is 0.311 e. The van der Waals surface area contributed by atoms with E-state index in [2.05, 4.69) is 5.32 Å². The van der Waals surface area contributed by atoms with E-state index in [0.717, 1.165) is 6.42 Å². The van der Waals surface area contributed by atoms with E-state index in [0.29, 0.717) is 37.2 Å². The topological polar surface area (TPSA) is 119 Å². The average molecular weight is 375 g/mol. The van der Waals surface area contributed by atoms with E-state index in [-0.39, 0.29) is 5.91 Å². The molecule has 1 saturated heterocycles. The lowest BCUT2D eigenvalue weighted by molar-refractivity contribution is -0.159. The molecule has 0 aliphatic carbocycles. The Balaban J connectivity index is 1.88. The minimum absolute atomic E-state index is 0.0118. The number of esters is 1. The van der Waals surface area contributed by atoms with Crippen LogP contribution >= 0.6 is 0 Å². The third-order valence-electron chi connectivity index (χ3n) is 4.51. The van der Waals surface area contributed by atoms with Crippen LogP contribution in [0.3, 0.4) is 0 Å². The molecule has 27 heavy (non-hydrogen) atoms. The van der Waals surface area contributed by atoms with Gasteiger partial charge in [-0.1, -0.05) is 6.92 Å². The van der Waals surface area contributed by atoms with Crippen LogP contribution in [-0.2, 0) is 19.1 Å². The zero-order valence-electron chi connectivity index (χ0n) is 15.6. The van der Waals surface area contributed by atoms with Crippen molar-refractivity contribution >= 4 is 29.4 Å². The van der Waals surface area contributed by atoms with E-state index >= 15 is 0 Å². The third-order valence-corrected chi connectivity index (χ3v) is 4.51. The highest BCUT2D eigenvalue weighted by Crippen LogP contribution is 2.19. The molecule has 0 saturated carbocycles. The Morgan fingerprint density at radius 3 is 2.52 bits per heavy atom. The first-order chi connectivity index (χ1) is 12.8. The SMILES string of the molecule is CCC(=O)N1CCCC(C(=O)OC(C)C(=O)Nc2ccc(C(N)=O)cc2)C1. The van der Waals surface area contributed by atoms with Crippen LogP contribution in [0.2, 0.25) is 0 Å². The van der Waals surface area contributed by atoms with E-state index in [1.807, 2.05) is 0 Å². The molecule has 8 heteroatoms. The number of hydrogen-bond acceptors (Lipinski definition) is 5. The van der Waals surface area contributed by atoms with Crippen LogP contribution in [0.25, 0.3) is 0 Å². The summed E-state index contributed by atoms with van der Waals surface area (Å²) in [6.07, 6.45) is 0.786. The highest BCUT2D eigenvalue weighted by Gasteiger charge is 2.30. The van der Waals surface area contributed by atoms with Crippen molar-refractivity contribution in [3.05, 3.63) is 29.8 Å². The second-order valence-electron chi connectivity index (χ2n) is 6.54. The van der Waals surface area contributed by atoms with Gasteiger partial charge in [0, 0.05) is 30.8 Å². The number of piperidine rings is 1. The normalized spacial score (nSPS) is 17.7. The fourth-order valence-corrected chi connectivity index (χ4v) is 2.91. The predicted octanol–water partition coefficient (Wildman–Crippen LogP) is 1.30. The standard InChI is InChI=1S/C19H25N3O5/c1-3-16(23)22-10-4-5-14(11-22)19(26)27-12(2)18(25)21-15-8-6-13(7-9-15)17(20)24/h6-9,12,14H,3-5,10-11H2,1-2H3,(H2,20,24)(H,21,25). The molecule has 1 heterocycles. The number of nitrogens with zero attached hydrogens (tertiary/aromatic N) is 1. The van der Waals surface area contributed by atoms with E-state index in [4.69, 9.17) is 10.5 Å². The number of likely N-dealkylation sites (tertiary alicyclic amines) is 1. The van der Waals surface area contributed by atoms with Crippen LogP contribution in [0.4, 0.5) is 5.69 Å². The minimum atomic E-state index is -0.981. The zero-order valence-corrected chi connectivity index (χ0v) is 15.6. The Labute approximate surface area is 158 Å². The molecule has 3 amide bonds. The number of amides is 3. The number of primary amides is 1. The van der Waals surface area contributed by atoms with Gasteiger partial charge >= 0.3 is 5.97 Å². The highest BCUT2D eigenvalue weighted by molar-refractivity contribution is 5.96. The van der Waals surface area contributed by atoms with Gasteiger partial charge in [0.25, 0.3) is 5.91 Å². The van der Waals surface area contributed by atoms with Crippen molar-refractivity contribution < 1.29 is 23.9 Å². The van der Waals surface area contributed by atoms with Crippen molar-refractivity contribution in [3.63, 3.8) is 0 Å². The molecule has 3 N–H and O–H groups in total. The predicted molar refractivity (Wildman–Crippen MR) is 98.7 cm³/mol. The highest BCUT2D eigenvalue weighted by atomic mass is 16.5. The Hall–Kier alpha value is -2.90. The van der Waals surface area contributed by atoms with Gasteiger partial charge in [-0.2, -0.15) is 0 Å².